The molecule has 2 amide bonds. The van der Waals surface area contributed by atoms with Crippen LogP contribution >= 0.6 is 0 Å². The van der Waals surface area contributed by atoms with E-state index in [1.807, 2.05) is 57.0 Å². The summed E-state index contributed by atoms with van der Waals surface area (Å²) in [5, 5.41) is 9.19. The number of piperidine rings is 1. The highest BCUT2D eigenvalue weighted by Crippen LogP contribution is 2.46. The van der Waals surface area contributed by atoms with Gasteiger partial charge in [0.2, 0.25) is 0 Å². The number of ether oxygens (including phenoxy) is 1. The van der Waals surface area contributed by atoms with Crippen molar-refractivity contribution >= 4 is 17.8 Å². The van der Waals surface area contributed by atoms with Gasteiger partial charge in [-0.25, -0.2) is 4.79 Å². The second-order valence-corrected chi connectivity index (χ2v) is 12.1. The number of benzene rings is 1. The third-order valence-corrected chi connectivity index (χ3v) is 8.14. The van der Waals surface area contributed by atoms with Gasteiger partial charge in [-0.3, -0.25) is 24.5 Å². The third-order valence-electron chi connectivity index (χ3n) is 8.14. The number of carbonyl (C=O) groups excluding carboxylic acids is 3. The maximum atomic E-state index is 14.8. The Kier molecular flexibility index (Phi) is 8.50. The number of nitriles is 1. The molecule has 0 N–H and O–H groups in total. The summed E-state index contributed by atoms with van der Waals surface area (Å²) in [4.78, 5) is 54.7. The van der Waals surface area contributed by atoms with Gasteiger partial charge in [-0.2, -0.15) is 5.26 Å². The summed E-state index contributed by atoms with van der Waals surface area (Å²) in [6.07, 6.45) is 9.14. The summed E-state index contributed by atoms with van der Waals surface area (Å²) in [6.45, 7) is 6.94. The summed E-state index contributed by atoms with van der Waals surface area (Å²) >= 11 is 0. The zero-order valence-corrected chi connectivity index (χ0v) is 25.4. The van der Waals surface area contributed by atoms with Gasteiger partial charge in [0.1, 0.15) is 11.4 Å². The van der Waals surface area contributed by atoms with Crippen LogP contribution < -0.4 is 0 Å². The first kappa shape index (κ1) is 30.4. The molecule has 2 saturated heterocycles. The van der Waals surface area contributed by atoms with Crippen LogP contribution in [0.4, 0.5) is 4.79 Å². The van der Waals surface area contributed by atoms with Crippen LogP contribution in [0.2, 0.25) is 0 Å². The standard InChI is InChI=1S/C34H36N6O4/c1-33(2,3)44-32(43)39-19-13-25(14-20-39)23-40-30(21-29(41)26-7-5-24(22-35)6-8-26)38(4)34(31(40)42,27-9-15-36-16-10-27)28-11-17-37-18-12-28/h5-12,15-18,21,25H,13-14,19-20,23H2,1-4H3. The predicted octanol–water partition coefficient (Wildman–Crippen LogP) is 4.74. The molecule has 4 heterocycles. The maximum Gasteiger partial charge on any atom is 0.410 e. The number of likely N-dealkylation sites (tertiary alicyclic amines) is 1. The molecule has 2 fully saturated rings. The Morgan fingerprint density at radius 3 is 2.02 bits per heavy atom. The van der Waals surface area contributed by atoms with E-state index >= 15 is 0 Å². The zero-order valence-electron chi connectivity index (χ0n) is 25.4. The summed E-state index contributed by atoms with van der Waals surface area (Å²) in [5.74, 6) is 0.0812. The van der Waals surface area contributed by atoms with Gasteiger partial charge >= 0.3 is 6.09 Å². The van der Waals surface area contributed by atoms with E-state index in [1.165, 1.54) is 6.08 Å². The molecule has 1 aromatic carbocycles. The van der Waals surface area contributed by atoms with E-state index in [-0.39, 0.29) is 23.7 Å². The molecule has 0 unspecified atom stereocenters. The van der Waals surface area contributed by atoms with E-state index in [9.17, 15) is 19.6 Å². The van der Waals surface area contributed by atoms with Crippen molar-refractivity contribution in [1.29, 1.82) is 5.26 Å². The summed E-state index contributed by atoms with van der Waals surface area (Å²) in [7, 11) is 1.82. The number of likely N-dealkylation sites (N-methyl/N-ethyl adjacent to an activating group) is 1. The Hall–Kier alpha value is -5.04. The van der Waals surface area contributed by atoms with Crippen LogP contribution in [0.25, 0.3) is 0 Å². The van der Waals surface area contributed by atoms with Crippen LogP contribution in [-0.4, -0.2) is 74.7 Å². The average molecular weight is 593 g/mol. The Morgan fingerprint density at radius 2 is 1.52 bits per heavy atom. The average Bonchev–Trinajstić information content (AvgIpc) is 3.23. The van der Waals surface area contributed by atoms with Crippen LogP contribution in [0, 0.1) is 17.2 Å². The molecule has 0 bridgehead atoms. The molecule has 0 atom stereocenters. The summed E-state index contributed by atoms with van der Waals surface area (Å²) in [6, 6.07) is 15.8. The second kappa shape index (κ2) is 12.3. The molecule has 10 heteroatoms. The highest BCUT2D eigenvalue weighted by atomic mass is 16.6. The summed E-state index contributed by atoms with van der Waals surface area (Å²) in [5.41, 5.74) is 0.449. The van der Waals surface area contributed by atoms with Gasteiger partial charge in [-0.05, 0) is 99.2 Å². The number of allylic oxidation sites excluding steroid dienone is 1. The van der Waals surface area contributed by atoms with E-state index in [2.05, 4.69) is 16.0 Å². The largest absolute Gasteiger partial charge is 0.444 e. The van der Waals surface area contributed by atoms with E-state index in [0.717, 1.165) is 0 Å². The van der Waals surface area contributed by atoms with Crippen molar-refractivity contribution < 1.29 is 19.1 Å². The molecule has 5 rings (SSSR count). The van der Waals surface area contributed by atoms with Crippen LogP contribution in [0.3, 0.4) is 0 Å². The van der Waals surface area contributed by atoms with Gasteiger partial charge in [0.15, 0.2) is 11.3 Å². The van der Waals surface area contributed by atoms with E-state index in [1.54, 1.807) is 58.9 Å². The van der Waals surface area contributed by atoms with Crippen molar-refractivity contribution in [2.24, 2.45) is 5.92 Å². The molecule has 44 heavy (non-hydrogen) atoms. The topological polar surface area (TPSA) is 120 Å². The van der Waals surface area contributed by atoms with E-state index in [0.29, 0.717) is 60.6 Å². The van der Waals surface area contributed by atoms with Crippen LogP contribution in [0.15, 0.2) is 85.2 Å². The molecule has 0 aliphatic carbocycles. The number of amides is 2. The van der Waals surface area contributed by atoms with Gasteiger partial charge in [0.05, 0.1) is 11.6 Å². The second-order valence-electron chi connectivity index (χ2n) is 12.1. The molecule has 0 radical (unpaired) electrons. The number of hydrogen-bond acceptors (Lipinski definition) is 8. The minimum absolute atomic E-state index is 0.0881. The highest BCUT2D eigenvalue weighted by molar-refractivity contribution is 6.06. The lowest BCUT2D eigenvalue weighted by molar-refractivity contribution is -0.132. The van der Waals surface area contributed by atoms with Crippen LogP contribution in [0.5, 0.6) is 0 Å². The maximum absolute atomic E-state index is 14.8. The van der Waals surface area contributed by atoms with E-state index < -0.39 is 11.1 Å². The van der Waals surface area contributed by atoms with Gasteiger partial charge < -0.3 is 14.5 Å². The highest BCUT2D eigenvalue weighted by Gasteiger charge is 2.56. The van der Waals surface area contributed by atoms with Crippen molar-refractivity contribution in [3.8, 4) is 6.07 Å². The number of ketones is 1. The Morgan fingerprint density at radius 1 is 0.977 bits per heavy atom. The number of nitrogens with zero attached hydrogens (tertiary/aromatic N) is 6. The van der Waals surface area contributed by atoms with Gasteiger partial charge in [0, 0.05) is 63.1 Å². The van der Waals surface area contributed by atoms with Gasteiger partial charge in [0.25, 0.3) is 5.91 Å². The van der Waals surface area contributed by atoms with Crippen LogP contribution in [0.1, 0.15) is 60.7 Å². The lowest BCUT2D eigenvalue weighted by Crippen LogP contribution is -2.47. The molecule has 0 spiro atoms. The quantitative estimate of drug-likeness (QED) is 0.298. The SMILES string of the molecule is CN1C(=CC(=O)c2ccc(C#N)cc2)N(CC2CCN(C(=O)OC(C)(C)C)CC2)C(=O)C1(c1ccncc1)c1ccncc1. The molecule has 2 aliphatic rings. The fraction of sp³-hybridized carbons (Fsp3) is 0.353. The molecule has 2 aromatic heterocycles. The first-order chi connectivity index (χ1) is 21.0. The molecule has 0 saturated carbocycles. The minimum atomic E-state index is -1.26. The first-order valence-electron chi connectivity index (χ1n) is 14.7. The van der Waals surface area contributed by atoms with Gasteiger partial charge in [-0.1, -0.05) is 0 Å². The van der Waals surface area contributed by atoms with Crippen LogP contribution in [-0.2, 0) is 15.1 Å². The van der Waals surface area contributed by atoms with Crippen molar-refractivity contribution in [2.45, 2.75) is 44.8 Å². The molecule has 10 nitrogen and oxygen atoms in total. The Bertz CT molecular complexity index is 1550. The normalized spacial score (nSPS) is 17.9. The zero-order chi connectivity index (χ0) is 31.5. The fourth-order valence-electron chi connectivity index (χ4n) is 5.93. The lowest BCUT2D eigenvalue weighted by atomic mass is 9.82. The van der Waals surface area contributed by atoms with Crippen molar-refractivity contribution in [3.63, 3.8) is 0 Å². The Balaban J connectivity index is 1.52. The smallest absolute Gasteiger partial charge is 0.410 e. The van der Waals surface area contributed by atoms with E-state index in [4.69, 9.17) is 4.74 Å². The summed E-state index contributed by atoms with van der Waals surface area (Å²) < 4.78 is 5.56. The fourth-order valence-corrected chi connectivity index (χ4v) is 5.93. The number of carbonyl (C=O) groups is 3. The lowest BCUT2D eigenvalue weighted by Gasteiger charge is -2.35. The van der Waals surface area contributed by atoms with Gasteiger partial charge in [-0.15, -0.1) is 0 Å². The third kappa shape index (κ3) is 5.91. The van der Waals surface area contributed by atoms with Crippen molar-refractivity contribution in [3.05, 3.63) is 107 Å². The minimum Gasteiger partial charge on any atom is -0.444 e. The number of rotatable bonds is 6. The first-order valence-corrected chi connectivity index (χ1v) is 14.7. The number of hydrogen-bond donors (Lipinski definition) is 0. The van der Waals surface area contributed by atoms with Crippen molar-refractivity contribution in [2.75, 3.05) is 26.7 Å². The number of pyridine rings is 2. The monoisotopic (exact) mass is 592 g/mol. The predicted molar refractivity (Wildman–Crippen MR) is 163 cm³/mol. The molecular formula is C34H36N6O4. The molecule has 3 aromatic rings. The molecule has 2 aliphatic heterocycles. The molecule has 226 valence electrons. The number of aromatic nitrogens is 2. The van der Waals surface area contributed by atoms with Crippen molar-refractivity contribution in [1.82, 2.24) is 24.7 Å². The molecular weight excluding hydrogens is 556 g/mol. The Labute approximate surface area is 257 Å².